The highest BCUT2D eigenvalue weighted by Crippen LogP contribution is 2.22. The molecule has 0 radical (unpaired) electrons. The van der Waals surface area contributed by atoms with E-state index in [9.17, 15) is 4.79 Å². The Bertz CT molecular complexity index is 925. The number of piperazine rings is 1. The molecule has 0 aromatic carbocycles. The molecule has 2 aromatic heterocycles. The fourth-order valence-electron chi connectivity index (χ4n) is 4.19. The molecule has 10 heteroatoms. The zero-order valence-electron chi connectivity index (χ0n) is 19.4. The van der Waals surface area contributed by atoms with Crippen LogP contribution < -0.4 is 15.0 Å². The van der Waals surface area contributed by atoms with Crippen molar-refractivity contribution in [2.75, 3.05) is 31.1 Å². The number of carbonyl (C=O) groups excluding carboxylic acids is 1. The average molecular weight is 567 g/mol. The van der Waals surface area contributed by atoms with Gasteiger partial charge in [0, 0.05) is 45.1 Å². The van der Waals surface area contributed by atoms with Gasteiger partial charge in [-0.3, -0.25) is 9.48 Å². The molecule has 1 saturated heterocycles. The highest BCUT2D eigenvalue weighted by atomic mass is 127. The largest absolute Gasteiger partial charge is 0.474 e. The van der Waals surface area contributed by atoms with Crippen LogP contribution >= 0.6 is 24.0 Å². The molecule has 0 bridgehead atoms. The van der Waals surface area contributed by atoms with Gasteiger partial charge in [0.15, 0.2) is 5.96 Å². The summed E-state index contributed by atoms with van der Waals surface area (Å²) in [7, 11) is 1.85. The van der Waals surface area contributed by atoms with Gasteiger partial charge < -0.3 is 19.9 Å². The smallest absolute Gasteiger partial charge is 0.246 e. The van der Waals surface area contributed by atoms with Crippen molar-refractivity contribution in [3.63, 3.8) is 0 Å². The second kappa shape index (κ2) is 12.2. The Morgan fingerprint density at radius 3 is 2.67 bits per heavy atom. The van der Waals surface area contributed by atoms with Crippen molar-refractivity contribution in [3.05, 3.63) is 36.3 Å². The molecule has 1 aliphatic heterocycles. The molecule has 0 spiro atoms. The van der Waals surface area contributed by atoms with E-state index in [-0.39, 0.29) is 36.4 Å². The molecule has 2 aromatic rings. The third-order valence-electron chi connectivity index (χ3n) is 5.91. The first-order chi connectivity index (χ1) is 15.6. The first-order valence-corrected chi connectivity index (χ1v) is 11.6. The van der Waals surface area contributed by atoms with Crippen LogP contribution in [-0.4, -0.2) is 63.8 Å². The van der Waals surface area contributed by atoms with Crippen molar-refractivity contribution in [2.24, 2.45) is 12.0 Å². The topological polar surface area (TPSA) is 87.9 Å². The maximum absolute atomic E-state index is 12.7. The van der Waals surface area contributed by atoms with Crippen molar-refractivity contribution in [1.29, 1.82) is 0 Å². The Balaban J connectivity index is 0.00000306. The second-order valence-electron chi connectivity index (χ2n) is 8.39. The minimum absolute atomic E-state index is 0. The number of carbonyl (C=O) groups is 1. The van der Waals surface area contributed by atoms with E-state index in [0.29, 0.717) is 31.6 Å². The van der Waals surface area contributed by atoms with Gasteiger partial charge in [-0.1, -0.05) is 12.5 Å². The van der Waals surface area contributed by atoms with E-state index in [1.807, 2.05) is 43.4 Å². The van der Waals surface area contributed by atoms with Crippen LogP contribution in [0.25, 0.3) is 0 Å². The van der Waals surface area contributed by atoms with Crippen LogP contribution in [0.1, 0.15) is 44.6 Å². The summed E-state index contributed by atoms with van der Waals surface area (Å²) in [5.74, 6) is 1.48. The third kappa shape index (κ3) is 6.81. The minimum atomic E-state index is 0. The summed E-state index contributed by atoms with van der Waals surface area (Å²) >= 11 is 0. The van der Waals surface area contributed by atoms with Crippen LogP contribution in [0, 0.1) is 0 Å². The normalized spacial score (nSPS) is 17.6. The average Bonchev–Trinajstić information content (AvgIpc) is 3.24. The zero-order valence-corrected chi connectivity index (χ0v) is 21.8. The summed E-state index contributed by atoms with van der Waals surface area (Å²) in [5, 5.41) is 7.48. The van der Waals surface area contributed by atoms with Gasteiger partial charge in [-0.05, 0) is 38.2 Å². The Hall–Kier alpha value is -2.37. The number of hydrogen-bond acceptors (Lipinski definition) is 5. The summed E-state index contributed by atoms with van der Waals surface area (Å²) in [6.45, 7) is 4.86. The molecule has 1 saturated carbocycles. The lowest BCUT2D eigenvalue weighted by Crippen LogP contribution is -2.55. The SMILES string of the molecule is CCNC(=NCc1ccc(OC2CCCCC2)nc1)N1CCN(c2cnn(C)c2)C(=O)C1.I. The molecular weight excluding hydrogens is 533 g/mol. The van der Waals surface area contributed by atoms with Crippen molar-refractivity contribution < 1.29 is 9.53 Å². The van der Waals surface area contributed by atoms with Gasteiger partial charge in [0.05, 0.1) is 18.4 Å². The lowest BCUT2D eigenvalue weighted by molar-refractivity contribution is -0.120. The number of guanidine groups is 1. The van der Waals surface area contributed by atoms with E-state index < -0.39 is 0 Å². The van der Waals surface area contributed by atoms with Crippen LogP contribution in [0.2, 0.25) is 0 Å². The van der Waals surface area contributed by atoms with Gasteiger partial charge in [0.1, 0.15) is 12.6 Å². The van der Waals surface area contributed by atoms with Gasteiger partial charge in [0.25, 0.3) is 0 Å². The van der Waals surface area contributed by atoms with E-state index in [0.717, 1.165) is 36.6 Å². The highest BCUT2D eigenvalue weighted by molar-refractivity contribution is 14.0. The summed E-state index contributed by atoms with van der Waals surface area (Å²) in [6.07, 6.45) is 11.7. The van der Waals surface area contributed by atoms with Crippen LogP contribution in [0.15, 0.2) is 35.7 Å². The fourth-order valence-corrected chi connectivity index (χ4v) is 4.19. The fraction of sp³-hybridized carbons (Fsp3) is 0.565. The lowest BCUT2D eigenvalue weighted by Gasteiger charge is -2.35. The minimum Gasteiger partial charge on any atom is -0.474 e. The number of ether oxygens (including phenoxy) is 1. The Morgan fingerprint density at radius 2 is 2.03 bits per heavy atom. The van der Waals surface area contributed by atoms with Crippen molar-refractivity contribution in [2.45, 2.75) is 51.7 Å². The summed E-state index contributed by atoms with van der Waals surface area (Å²) < 4.78 is 7.72. The molecule has 2 aliphatic rings. The maximum Gasteiger partial charge on any atom is 0.246 e. The molecule has 0 atom stereocenters. The molecular formula is C23H34IN7O2. The number of nitrogens with zero attached hydrogens (tertiary/aromatic N) is 6. The second-order valence-corrected chi connectivity index (χ2v) is 8.39. The molecule has 3 heterocycles. The number of rotatable bonds is 6. The summed E-state index contributed by atoms with van der Waals surface area (Å²) in [4.78, 5) is 25.8. The predicted molar refractivity (Wildman–Crippen MR) is 139 cm³/mol. The van der Waals surface area contributed by atoms with E-state index in [1.165, 1.54) is 19.3 Å². The van der Waals surface area contributed by atoms with Crippen molar-refractivity contribution in [3.8, 4) is 5.88 Å². The van der Waals surface area contributed by atoms with E-state index in [4.69, 9.17) is 9.73 Å². The number of hydrogen-bond donors (Lipinski definition) is 1. The molecule has 0 unspecified atom stereocenters. The first-order valence-electron chi connectivity index (χ1n) is 11.6. The number of pyridine rings is 1. The molecule has 1 amide bonds. The number of aryl methyl sites for hydroxylation is 1. The van der Waals surface area contributed by atoms with Crippen molar-refractivity contribution in [1.82, 2.24) is 25.0 Å². The molecule has 1 aliphatic carbocycles. The molecule has 180 valence electrons. The van der Waals surface area contributed by atoms with E-state index in [2.05, 4.69) is 15.4 Å². The Morgan fingerprint density at radius 1 is 1.21 bits per heavy atom. The van der Waals surface area contributed by atoms with Crippen LogP contribution in [0.5, 0.6) is 5.88 Å². The summed E-state index contributed by atoms with van der Waals surface area (Å²) in [5.41, 5.74) is 1.84. The Kier molecular flexibility index (Phi) is 9.33. The molecule has 4 rings (SSSR count). The number of anilines is 1. The highest BCUT2D eigenvalue weighted by Gasteiger charge is 2.27. The number of aliphatic imine (C=N–C) groups is 1. The number of amides is 1. The maximum atomic E-state index is 12.7. The predicted octanol–water partition coefficient (Wildman–Crippen LogP) is 2.96. The number of halogens is 1. The standard InChI is InChI=1S/C23H33N7O2.HI/c1-3-24-23(29-11-12-30(22(31)17-29)19-15-27-28(2)16-19)26-14-18-9-10-21(25-13-18)32-20-7-5-4-6-8-20;/h9-10,13,15-16,20H,3-8,11-12,14,17H2,1-2H3,(H,24,26);1H. The van der Waals surface area contributed by atoms with Gasteiger partial charge in [-0.15, -0.1) is 24.0 Å². The number of nitrogens with one attached hydrogen (secondary N) is 1. The van der Waals surface area contributed by atoms with E-state index in [1.54, 1.807) is 15.8 Å². The van der Waals surface area contributed by atoms with Gasteiger partial charge in [-0.2, -0.15) is 5.10 Å². The van der Waals surface area contributed by atoms with Crippen LogP contribution in [-0.2, 0) is 18.4 Å². The lowest BCUT2D eigenvalue weighted by atomic mass is 9.98. The molecule has 2 fully saturated rings. The quantitative estimate of drug-likeness (QED) is 0.328. The van der Waals surface area contributed by atoms with Gasteiger partial charge in [0.2, 0.25) is 11.8 Å². The zero-order chi connectivity index (χ0) is 22.3. The summed E-state index contributed by atoms with van der Waals surface area (Å²) in [6, 6.07) is 3.95. The monoisotopic (exact) mass is 567 g/mol. The first kappa shape index (κ1) is 25.3. The molecule has 9 nitrogen and oxygen atoms in total. The van der Waals surface area contributed by atoms with Crippen LogP contribution in [0.3, 0.4) is 0 Å². The van der Waals surface area contributed by atoms with E-state index >= 15 is 0 Å². The van der Waals surface area contributed by atoms with Crippen molar-refractivity contribution >= 4 is 41.5 Å². The third-order valence-corrected chi connectivity index (χ3v) is 5.91. The van der Waals surface area contributed by atoms with Gasteiger partial charge in [-0.25, -0.2) is 9.98 Å². The van der Waals surface area contributed by atoms with Crippen LogP contribution in [0.4, 0.5) is 5.69 Å². The Labute approximate surface area is 212 Å². The number of aromatic nitrogens is 3. The molecule has 33 heavy (non-hydrogen) atoms. The molecule has 1 N–H and O–H groups in total. The van der Waals surface area contributed by atoms with Gasteiger partial charge >= 0.3 is 0 Å².